The third kappa shape index (κ3) is 1.46. The SMILES string of the molecule is Cn1c(C2CC2)nc2ccc(C3(C(=O)O)CC3)cc21. The highest BCUT2D eigenvalue weighted by Crippen LogP contribution is 2.49. The van der Waals surface area contributed by atoms with Crippen LogP contribution in [-0.4, -0.2) is 20.6 Å². The highest BCUT2D eigenvalue weighted by atomic mass is 16.4. The molecule has 2 fully saturated rings. The molecule has 1 aromatic heterocycles. The van der Waals surface area contributed by atoms with E-state index in [1.807, 2.05) is 25.2 Å². The molecule has 1 N–H and O–H groups in total. The number of hydrogen-bond donors (Lipinski definition) is 1. The van der Waals surface area contributed by atoms with Gasteiger partial charge in [0, 0.05) is 13.0 Å². The Morgan fingerprint density at radius 1 is 1.42 bits per heavy atom. The zero-order chi connectivity index (χ0) is 13.2. The van der Waals surface area contributed by atoms with E-state index in [4.69, 9.17) is 0 Å². The van der Waals surface area contributed by atoms with Crippen LogP contribution in [0, 0.1) is 0 Å². The van der Waals surface area contributed by atoms with Crippen molar-refractivity contribution >= 4 is 17.0 Å². The molecule has 4 rings (SSSR count). The molecule has 0 unspecified atom stereocenters. The van der Waals surface area contributed by atoms with E-state index in [0.29, 0.717) is 5.92 Å². The number of nitrogens with zero attached hydrogens (tertiary/aromatic N) is 2. The van der Waals surface area contributed by atoms with Gasteiger partial charge in [-0.25, -0.2) is 4.98 Å². The van der Waals surface area contributed by atoms with Gasteiger partial charge in [0.05, 0.1) is 16.4 Å². The summed E-state index contributed by atoms with van der Waals surface area (Å²) in [5.74, 6) is 1.05. The van der Waals surface area contributed by atoms with Crippen LogP contribution >= 0.6 is 0 Å². The van der Waals surface area contributed by atoms with Crippen LogP contribution in [0.25, 0.3) is 11.0 Å². The van der Waals surface area contributed by atoms with Crippen molar-refractivity contribution in [3.8, 4) is 0 Å². The van der Waals surface area contributed by atoms with Crippen molar-refractivity contribution in [3.05, 3.63) is 29.6 Å². The fourth-order valence-corrected chi connectivity index (χ4v) is 2.96. The van der Waals surface area contributed by atoms with Crippen molar-refractivity contribution in [2.75, 3.05) is 0 Å². The first kappa shape index (κ1) is 11.0. The van der Waals surface area contributed by atoms with E-state index in [2.05, 4.69) is 9.55 Å². The fraction of sp³-hybridized carbons (Fsp3) is 0.467. The maximum Gasteiger partial charge on any atom is 0.314 e. The van der Waals surface area contributed by atoms with Crippen molar-refractivity contribution in [2.45, 2.75) is 37.0 Å². The molecular formula is C15H16N2O2. The summed E-state index contributed by atoms with van der Waals surface area (Å²) in [7, 11) is 2.03. The lowest BCUT2D eigenvalue weighted by Crippen LogP contribution is -2.19. The van der Waals surface area contributed by atoms with Gasteiger partial charge >= 0.3 is 5.97 Å². The molecule has 98 valence electrons. The molecule has 2 aromatic rings. The van der Waals surface area contributed by atoms with E-state index in [9.17, 15) is 9.90 Å². The summed E-state index contributed by atoms with van der Waals surface area (Å²) in [6.07, 6.45) is 3.95. The Kier molecular flexibility index (Phi) is 1.96. The smallest absolute Gasteiger partial charge is 0.314 e. The standard InChI is InChI=1S/C15H16N2O2/c1-17-12-8-10(15(6-7-15)14(18)19)4-5-11(12)16-13(17)9-2-3-9/h4-5,8-9H,2-3,6-7H2,1H3,(H,18,19). The van der Waals surface area contributed by atoms with Gasteiger partial charge in [-0.1, -0.05) is 6.07 Å². The Morgan fingerprint density at radius 3 is 2.74 bits per heavy atom. The minimum absolute atomic E-state index is 0.607. The number of carboxylic acids is 1. The number of benzene rings is 1. The maximum absolute atomic E-state index is 11.4. The van der Waals surface area contributed by atoms with Crippen molar-refractivity contribution < 1.29 is 9.90 Å². The zero-order valence-corrected chi connectivity index (χ0v) is 10.9. The molecule has 4 nitrogen and oxygen atoms in total. The Balaban J connectivity index is 1.87. The molecule has 0 aliphatic heterocycles. The van der Waals surface area contributed by atoms with Crippen molar-refractivity contribution in [2.24, 2.45) is 7.05 Å². The van der Waals surface area contributed by atoms with Gasteiger partial charge in [-0.15, -0.1) is 0 Å². The van der Waals surface area contributed by atoms with E-state index in [0.717, 1.165) is 35.3 Å². The Bertz CT molecular complexity index is 693. The molecule has 2 aliphatic carbocycles. The fourth-order valence-electron chi connectivity index (χ4n) is 2.96. The first-order valence-electron chi connectivity index (χ1n) is 6.82. The number of carbonyl (C=O) groups is 1. The second-order valence-electron chi connectivity index (χ2n) is 5.89. The second kappa shape index (κ2) is 3.38. The Hall–Kier alpha value is -1.84. The molecule has 0 atom stereocenters. The predicted molar refractivity (Wildman–Crippen MR) is 71.2 cm³/mol. The van der Waals surface area contributed by atoms with Gasteiger partial charge in [-0.2, -0.15) is 0 Å². The molecule has 19 heavy (non-hydrogen) atoms. The first-order valence-corrected chi connectivity index (χ1v) is 6.82. The monoisotopic (exact) mass is 256 g/mol. The van der Waals surface area contributed by atoms with Crippen LogP contribution in [0.15, 0.2) is 18.2 Å². The third-order valence-corrected chi connectivity index (χ3v) is 4.57. The number of hydrogen-bond acceptors (Lipinski definition) is 2. The van der Waals surface area contributed by atoms with Gasteiger partial charge in [0.15, 0.2) is 0 Å². The van der Waals surface area contributed by atoms with Gasteiger partial charge in [-0.3, -0.25) is 4.79 Å². The van der Waals surface area contributed by atoms with E-state index in [1.54, 1.807) is 0 Å². The molecule has 0 amide bonds. The van der Waals surface area contributed by atoms with E-state index in [1.165, 1.54) is 12.8 Å². The third-order valence-electron chi connectivity index (χ3n) is 4.57. The van der Waals surface area contributed by atoms with Crippen LogP contribution in [0.3, 0.4) is 0 Å². The lowest BCUT2D eigenvalue weighted by Gasteiger charge is -2.10. The molecule has 2 aliphatic rings. The normalized spacial score (nSPS) is 20.7. The molecule has 4 heteroatoms. The van der Waals surface area contributed by atoms with E-state index < -0.39 is 11.4 Å². The highest BCUT2D eigenvalue weighted by Gasteiger charge is 2.51. The molecule has 0 radical (unpaired) electrons. The number of aromatic nitrogens is 2. The summed E-state index contributed by atoms with van der Waals surface area (Å²) in [4.78, 5) is 16.1. The number of aliphatic carboxylic acids is 1. The largest absolute Gasteiger partial charge is 0.481 e. The van der Waals surface area contributed by atoms with Crippen LogP contribution in [0.2, 0.25) is 0 Å². The molecule has 2 saturated carbocycles. The van der Waals surface area contributed by atoms with Crippen LogP contribution < -0.4 is 0 Å². The van der Waals surface area contributed by atoms with E-state index >= 15 is 0 Å². The topological polar surface area (TPSA) is 55.1 Å². The van der Waals surface area contributed by atoms with Gasteiger partial charge in [-0.05, 0) is 43.4 Å². The summed E-state index contributed by atoms with van der Waals surface area (Å²) >= 11 is 0. The lowest BCUT2D eigenvalue weighted by atomic mass is 9.96. The number of rotatable bonds is 3. The number of imidazole rings is 1. The van der Waals surface area contributed by atoms with E-state index in [-0.39, 0.29) is 0 Å². The number of fused-ring (bicyclic) bond motifs is 1. The molecule has 0 spiro atoms. The van der Waals surface area contributed by atoms with Crippen LogP contribution in [0.5, 0.6) is 0 Å². The van der Waals surface area contributed by atoms with Gasteiger partial charge in [0.2, 0.25) is 0 Å². The zero-order valence-electron chi connectivity index (χ0n) is 10.9. The molecular weight excluding hydrogens is 240 g/mol. The summed E-state index contributed by atoms with van der Waals surface area (Å²) in [6.45, 7) is 0. The maximum atomic E-state index is 11.4. The van der Waals surface area contributed by atoms with Crippen LogP contribution in [-0.2, 0) is 17.3 Å². The minimum atomic E-state index is -0.698. The quantitative estimate of drug-likeness (QED) is 0.918. The predicted octanol–water partition coefficient (Wildman–Crippen LogP) is 2.57. The van der Waals surface area contributed by atoms with Crippen molar-refractivity contribution in [1.29, 1.82) is 0 Å². The Labute approximate surface area is 111 Å². The molecule has 1 aromatic carbocycles. The molecule has 1 heterocycles. The number of carboxylic acid groups (broad SMARTS) is 1. The summed E-state index contributed by atoms with van der Waals surface area (Å²) in [5, 5.41) is 9.38. The minimum Gasteiger partial charge on any atom is -0.481 e. The second-order valence-corrected chi connectivity index (χ2v) is 5.89. The first-order chi connectivity index (χ1) is 9.12. The summed E-state index contributed by atoms with van der Waals surface area (Å²) in [6, 6.07) is 5.93. The van der Waals surface area contributed by atoms with Crippen LogP contribution in [0.4, 0.5) is 0 Å². The summed E-state index contributed by atoms with van der Waals surface area (Å²) in [5.41, 5.74) is 2.34. The van der Waals surface area contributed by atoms with Crippen molar-refractivity contribution in [3.63, 3.8) is 0 Å². The highest BCUT2D eigenvalue weighted by molar-refractivity contribution is 5.87. The average Bonchev–Trinajstić information content (AvgIpc) is 3.28. The molecule has 0 saturated heterocycles. The van der Waals surface area contributed by atoms with Crippen molar-refractivity contribution in [1.82, 2.24) is 9.55 Å². The lowest BCUT2D eigenvalue weighted by molar-refractivity contribution is -0.140. The van der Waals surface area contributed by atoms with Gasteiger partial charge in [0.25, 0.3) is 0 Å². The number of aryl methyl sites for hydroxylation is 1. The Morgan fingerprint density at radius 2 is 2.16 bits per heavy atom. The average molecular weight is 256 g/mol. The molecule has 0 bridgehead atoms. The van der Waals surface area contributed by atoms with Crippen LogP contribution in [0.1, 0.15) is 43.0 Å². The van der Waals surface area contributed by atoms with Gasteiger partial charge in [0.1, 0.15) is 5.82 Å². The summed E-state index contributed by atoms with van der Waals surface area (Å²) < 4.78 is 2.13. The van der Waals surface area contributed by atoms with Gasteiger partial charge < -0.3 is 9.67 Å².